The van der Waals surface area contributed by atoms with Gasteiger partial charge >= 0.3 is 5.97 Å². The number of carbonyl (C=O) groups excluding carboxylic acids is 2. The largest absolute Gasteiger partial charge is 0.483 e. The Labute approximate surface area is 150 Å². The van der Waals surface area contributed by atoms with Crippen molar-refractivity contribution >= 4 is 11.9 Å². The summed E-state index contributed by atoms with van der Waals surface area (Å²) in [5.41, 5.74) is 2.20. The van der Waals surface area contributed by atoms with Crippen LogP contribution in [0.1, 0.15) is 50.7 Å². The van der Waals surface area contributed by atoms with Gasteiger partial charge in [-0.25, -0.2) is 0 Å². The van der Waals surface area contributed by atoms with E-state index in [2.05, 4.69) is 19.9 Å². The van der Waals surface area contributed by atoms with Gasteiger partial charge in [0.25, 0.3) is 5.91 Å². The molecule has 0 aliphatic carbocycles. The fraction of sp³-hybridized carbons (Fsp3) is 0.600. The van der Waals surface area contributed by atoms with Gasteiger partial charge in [0, 0.05) is 13.1 Å². The monoisotopic (exact) mass is 347 g/mol. The predicted molar refractivity (Wildman–Crippen MR) is 96.7 cm³/mol. The maximum absolute atomic E-state index is 12.5. The number of nitrogens with zero attached hydrogens (tertiary/aromatic N) is 1. The first kappa shape index (κ1) is 19.3. The van der Waals surface area contributed by atoms with Gasteiger partial charge < -0.3 is 14.4 Å². The van der Waals surface area contributed by atoms with E-state index in [9.17, 15) is 9.59 Å². The lowest BCUT2D eigenvalue weighted by atomic mass is 9.98. The van der Waals surface area contributed by atoms with E-state index in [1.165, 1.54) is 5.56 Å². The number of hydrogen-bond donors (Lipinski definition) is 0. The van der Waals surface area contributed by atoms with E-state index in [4.69, 9.17) is 9.47 Å². The van der Waals surface area contributed by atoms with Crippen LogP contribution in [0.25, 0.3) is 0 Å². The number of likely N-dealkylation sites (tertiary alicyclic amines) is 1. The van der Waals surface area contributed by atoms with E-state index < -0.39 is 0 Å². The molecule has 138 valence electrons. The standard InChI is InChI=1S/C20H29NO4/c1-5-24-20(23)17-7-6-10-21(12-17)19(22)13-25-18-11-16(14(2)3)9-8-15(18)4/h8-9,11,14,17H,5-7,10,12-13H2,1-4H3. The highest BCUT2D eigenvalue weighted by Gasteiger charge is 2.29. The summed E-state index contributed by atoms with van der Waals surface area (Å²) in [4.78, 5) is 26.1. The zero-order valence-corrected chi connectivity index (χ0v) is 15.7. The number of aryl methyl sites for hydroxylation is 1. The molecule has 1 atom stereocenters. The van der Waals surface area contributed by atoms with Crippen molar-refractivity contribution < 1.29 is 19.1 Å². The Morgan fingerprint density at radius 1 is 1.32 bits per heavy atom. The third kappa shape index (κ3) is 5.21. The highest BCUT2D eigenvalue weighted by Crippen LogP contribution is 2.24. The van der Waals surface area contributed by atoms with Crippen molar-refractivity contribution in [2.75, 3.05) is 26.3 Å². The topological polar surface area (TPSA) is 55.8 Å². The molecule has 5 nitrogen and oxygen atoms in total. The Bertz CT molecular complexity index is 612. The van der Waals surface area contributed by atoms with Gasteiger partial charge in [-0.15, -0.1) is 0 Å². The summed E-state index contributed by atoms with van der Waals surface area (Å²) < 4.78 is 10.9. The first-order valence-electron chi connectivity index (χ1n) is 9.10. The minimum absolute atomic E-state index is 0.00205. The van der Waals surface area contributed by atoms with Crippen molar-refractivity contribution in [1.29, 1.82) is 0 Å². The Kier molecular flexibility index (Phi) is 6.85. The number of ether oxygens (including phenoxy) is 2. The van der Waals surface area contributed by atoms with E-state index in [1.807, 2.05) is 19.1 Å². The van der Waals surface area contributed by atoms with Gasteiger partial charge in [0.15, 0.2) is 6.61 Å². The van der Waals surface area contributed by atoms with Crippen LogP contribution in [0.2, 0.25) is 0 Å². The second-order valence-electron chi connectivity index (χ2n) is 6.90. The molecule has 0 radical (unpaired) electrons. The first-order valence-corrected chi connectivity index (χ1v) is 9.10. The zero-order chi connectivity index (χ0) is 18.4. The number of benzene rings is 1. The summed E-state index contributed by atoms with van der Waals surface area (Å²) in [6.45, 7) is 9.49. The molecule has 25 heavy (non-hydrogen) atoms. The molecule has 0 spiro atoms. The third-order valence-corrected chi connectivity index (χ3v) is 4.62. The van der Waals surface area contributed by atoms with Gasteiger partial charge in [0.2, 0.25) is 0 Å². The first-order chi connectivity index (χ1) is 11.9. The SMILES string of the molecule is CCOC(=O)C1CCCN(C(=O)COc2cc(C(C)C)ccc2C)C1. The maximum atomic E-state index is 12.5. The maximum Gasteiger partial charge on any atom is 0.310 e. The number of carbonyl (C=O) groups is 2. The highest BCUT2D eigenvalue weighted by molar-refractivity contribution is 5.79. The van der Waals surface area contributed by atoms with Crippen molar-refractivity contribution in [2.24, 2.45) is 5.92 Å². The second kappa shape index (κ2) is 8.88. The second-order valence-corrected chi connectivity index (χ2v) is 6.90. The Hall–Kier alpha value is -2.04. The van der Waals surface area contributed by atoms with Crippen LogP contribution in [-0.4, -0.2) is 43.1 Å². The van der Waals surface area contributed by atoms with Gasteiger partial charge in [-0.3, -0.25) is 9.59 Å². The molecule has 1 aliphatic rings. The normalized spacial score (nSPS) is 17.5. The molecule has 5 heteroatoms. The summed E-state index contributed by atoms with van der Waals surface area (Å²) in [6.07, 6.45) is 1.59. The molecule has 2 rings (SSSR count). The molecule has 0 saturated carbocycles. The molecule has 1 aromatic rings. The number of hydrogen-bond acceptors (Lipinski definition) is 4. The Morgan fingerprint density at radius 3 is 2.76 bits per heavy atom. The molecular weight excluding hydrogens is 318 g/mol. The van der Waals surface area contributed by atoms with E-state index in [-0.39, 0.29) is 24.4 Å². The van der Waals surface area contributed by atoms with Crippen LogP contribution < -0.4 is 4.74 Å². The van der Waals surface area contributed by atoms with Gasteiger partial charge in [-0.05, 0) is 49.8 Å². The Morgan fingerprint density at radius 2 is 2.08 bits per heavy atom. The molecule has 1 unspecified atom stereocenters. The summed E-state index contributed by atoms with van der Waals surface area (Å²) in [5.74, 6) is 0.651. The van der Waals surface area contributed by atoms with Gasteiger partial charge in [0.05, 0.1) is 12.5 Å². The lowest BCUT2D eigenvalue weighted by molar-refractivity contribution is -0.151. The minimum atomic E-state index is -0.219. The highest BCUT2D eigenvalue weighted by atomic mass is 16.5. The molecular formula is C20H29NO4. The van der Waals surface area contributed by atoms with Crippen LogP contribution in [0.3, 0.4) is 0 Å². The van der Waals surface area contributed by atoms with Crippen molar-refractivity contribution in [3.05, 3.63) is 29.3 Å². The minimum Gasteiger partial charge on any atom is -0.483 e. The molecule has 0 N–H and O–H groups in total. The van der Waals surface area contributed by atoms with Gasteiger partial charge in [-0.1, -0.05) is 26.0 Å². The summed E-state index contributed by atoms with van der Waals surface area (Å²) in [6, 6.07) is 6.11. The van der Waals surface area contributed by atoms with Crippen LogP contribution in [0, 0.1) is 12.8 Å². The molecule has 1 saturated heterocycles. The van der Waals surface area contributed by atoms with E-state index in [0.29, 0.717) is 25.6 Å². The average Bonchev–Trinajstić information content (AvgIpc) is 2.60. The molecule has 1 heterocycles. The van der Waals surface area contributed by atoms with E-state index in [1.54, 1.807) is 11.8 Å². The van der Waals surface area contributed by atoms with E-state index >= 15 is 0 Å². The van der Waals surface area contributed by atoms with Crippen LogP contribution in [0.15, 0.2) is 18.2 Å². The fourth-order valence-electron chi connectivity index (χ4n) is 3.02. The van der Waals surface area contributed by atoms with Crippen LogP contribution in [-0.2, 0) is 14.3 Å². The lowest BCUT2D eigenvalue weighted by Gasteiger charge is -2.31. The Balaban J connectivity index is 1.94. The number of piperidine rings is 1. The van der Waals surface area contributed by atoms with Crippen LogP contribution in [0.5, 0.6) is 5.75 Å². The van der Waals surface area contributed by atoms with Crippen molar-refractivity contribution in [2.45, 2.75) is 46.5 Å². The van der Waals surface area contributed by atoms with E-state index in [0.717, 1.165) is 24.2 Å². The van der Waals surface area contributed by atoms with Gasteiger partial charge in [0.1, 0.15) is 5.75 Å². The number of rotatable bonds is 6. The van der Waals surface area contributed by atoms with Gasteiger partial charge in [-0.2, -0.15) is 0 Å². The summed E-state index contributed by atoms with van der Waals surface area (Å²) >= 11 is 0. The summed E-state index contributed by atoms with van der Waals surface area (Å²) in [5, 5.41) is 0. The smallest absolute Gasteiger partial charge is 0.310 e. The zero-order valence-electron chi connectivity index (χ0n) is 15.7. The van der Waals surface area contributed by atoms with Crippen molar-refractivity contribution in [1.82, 2.24) is 4.90 Å². The fourth-order valence-corrected chi connectivity index (χ4v) is 3.02. The van der Waals surface area contributed by atoms with Crippen LogP contribution >= 0.6 is 0 Å². The molecule has 1 fully saturated rings. The lowest BCUT2D eigenvalue weighted by Crippen LogP contribution is -2.44. The number of amides is 1. The van der Waals surface area contributed by atoms with Crippen molar-refractivity contribution in [3.63, 3.8) is 0 Å². The summed E-state index contributed by atoms with van der Waals surface area (Å²) in [7, 11) is 0. The quantitative estimate of drug-likeness (QED) is 0.741. The molecule has 0 bridgehead atoms. The number of esters is 1. The predicted octanol–water partition coefficient (Wildman–Crippen LogP) is 3.30. The molecule has 0 aromatic heterocycles. The molecule has 1 amide bonds. The van der Waals surface area contributed by atoms with Crippen molar-refractivity contribution in [3.8, 4) is 5.75 Å². The van der Waals surface area contributed by atoms with Crippen LogP contribution in [0.4, 0.5) is 0 Å². The third-order valence-electron chi connectivity index (χ3n) is 4.62. The molecule has 1 aliphatic heterocycles. The average molecular weight is 347 g/mol. The molecule has 1 aromatic carbocycles.